The summed E-state index contributed by atoms with van der Waals surface area (Å²) in [7, 11) is 1.85. The molecule has 1 saturated heterocycles. The molecule has 2 heterocycles. The number of carbonyl (C=O) groups excluding carboxylic acids is 1. The van der Waals surface area contributed by atoms with E-state index in [1.807, 2.05) is 13.1 Å². The fourth-order valence-corrected chi connectivity index (χ4v) is 2.02. The summed E-state index contributed by atoms with van der Waals surface area (Å²) in [6, 6.07) is 0.00417. The van der Waals surface area contributed by atoms with Crippen LogP contribution in [0.25, 0.3) is 0 Å². The minimum atomic E-state index is 0.00417. The summed E-state index contributed by atoms with van der Waals surface area (Å²) in [6.07, 6.45) is 7.06. The van der Waals surface area contributed by atoms with Gasteiger partial charge in [0.25, 0.3) is 0 Å². The first-order chi connectivity index (χ1) is 7.27. The van der Waals surface area contributed by atoms with Gasteiger partial charge >= 0.3 is 0 Å². The monoisotopic (exact) mass is 210 g/mol. The molecule has 0 spiro atoms. The van der Waals surface area contributed by atoms with E-state index in [1.165, 1.54) is 0 Å². The molecule has 15 heavy (non-hydrogen) atoms. The van der Waals surface area contributed by atoms with Crippen molar-refractivity contribution in [3.05, 3.63) is 12.3 Å². The number of hydrogen-bond acceptors (Lipinski definition) is 3. The topological polar surface area (TPSA) is 41.6 Å². The number of nitrogens with zero attached hydrogens (tertiary/aromatic N) is 1. The second-order valence-electron chi connectivity index (χ2n) is 4.22. The predicted octanol–water partition coefficient (Wildman–Crippen LogP) is 0.499. The van der Waals surface area contributed by atoms with Crippen molar-refractivity contribution >= 4 is 5.91 Å². The maximum Gasteiger partial charge on any atom is 0.239 e. The molecule has 0 aromatic heterocycles. The summed E-state index contributed by atoms with van der Waals surface area (Å²) < 4.78 is 5.43. The second kappa shape index (κ2) is 4.66. The summed E-state index contributed by atoms with van der Waals surface area (Å²) in [5, 5.41) is 3.28. The average Bonchev–Trinajstić information content (AvgIpc) is 2.59. The van der Waals surface area contributed by atoms with Gasteiger partial charge in [-0.1, -0.05) is 0 Å². The van der Waals surface area contributed by atoms with E-state index in [2.05, 4.69) is 5.32 Å². The molecule has 1 fully saturated rings. The summed E-state index contributed by atoms with van der Waals surface area (Å²) >= 11 is 0. The lowest BCUT2D eigenvalue weighted by Gasteiger charge is -2.21. The van der Waals surface area contributed by atoms with E-state index in [-0.39, 0.29) is 18.1 Å². The first-order valence-electron chi connectivity index (χ1n) is 5.56. The Balaban J connectivity index is 1.73. The number of likely N-dealkylation sites (N-methyl/N-ethyl adjacent to an activating group) is 1. The second-order valence-corrected chi connectivity index (χ2v) is 4.22. The Morgan fingerprint density at radius 2 is 2.47 bits per heavy atom. The Bertz CT molecular complexity index is 265. The van der Waals surface area contributed by atoms with Gasteiger partial charge in [-0.15, -0.1) is 0 Å². The van der Waals surface area contributed by atoms with E-state index in [9.17, 15) is 4.79 Å². The normalized spacial score (nSPS) is 30.7. The van der Waals surface area contributed by atoms with Crippen LogP contribution in [0.4, 0.5) is 0 Å². The third-order valence-corrected chi connectivity index (χ3v) is 3.04. The van der Waals surface area contributed by atoms with E-state index in [4.69, 9.17) is 4.74 Å². The number of rotatable bonds is 3. The molecule has 0 saturated carbocycles. The maximum atomic E-state index is 11.6. The van der Waals surface area contributed by atoms with Crippen LogP contribution in [-0.2, 0) is 9.53 Å². The van der Waals surface area contributed by atoms with Crippen LogP contribution in [-0.4, -0.2) is 43.1 Å². The zero-order valence-corrected chi connectivity index (χ0v) is 9.11. The van der Waals surface area contributed by atoms with Gasteiger partial charge in [0, 0.05) is 20.1 Å². The van der Waals surface area contributed by atoms with Crippen LogP contribution in [0.15, 0.2) is 12.3 Å². The van der Waals surface area contributed by atoms with Crippen LogP contribution in [0.3, 0.4) is 0 Å². The molecular weight excluding hydrogens is 192 g/mol. The average molecular weight is 210 g/mol. The molecule has 0 aromatic rings. The van der Waals surface area contributed by atoms with Crippen molar-refractivity contribution in [3.8, 4) is 0 Å². The number of ether oxygens (including phenoxy) is 1. The lowest BCUT2D eigenvalue weighted by atomic mass is 10.1. The Kier molecular flexibility index (Phi) is 3.26. The number of allylic oxidation sites excluding steroid dienone is 1. The third-order valence-electron chi connectivity index (χ3n) is 3.04. The highest BCUT2D eigenvalue weighted by molar-refractivity contribution is 5.83. The SMILES string of the molecule is CN1CCC(NCC2CCC=CO2)C1=O. The van der Waals surface area contributed by atoms with Crippen LogP contribution >= 0.6 is 0 Å². The van der Waals surface area contributed by atoms with Crippen LogP contribution in [0, 0.1) is 0 Å². The Labute approximate surface area is 90.3 Å². The van der Waals surface area contributed by atoms with Crippen molar-refractivity contribution in [1.29, 1.82) is 0 Å². The van der Waals surface area contributed by atoms with Gasteiger partial charge in [0.15, 0.2) is 0 Å². The van der Waals surface area contributed by atoms with Gasteiger partial charge in [0.1, 0.15) is 6.10 Å². The van der Waals surface area contributed by atoms with Gasteiger partial charge in [0.05, 0.1) is 12.3 Å². The number of amides is 1. The standard InChI is InChI=1S/C11H18N2O2/c1-13-6-5-10(11(13)14)12-8-9-4-2-3-7-15-9/h3,7,9-10,12H,2,4-6,8H2,1H3. The molecule has 2 atom stereocenters. The zero-order chi connectivity index (χ0) is 10.7. The lowest BCUT2D eigenvalue weighted by Crippen LogP contribution is -2.41. The first kappa shape index (κ1) is 10.5. The molecule has 1 amide bonds. The van der Waals surface area contributed by atoms with Crippen molar-refractivity contribution in [3.63, 3.8) is 0 Å². The van der Waals surface area contributed by atoms with Crippen molar-refractivity contribution in [2.24, 2.45) is 0 Å². The molecule has 0 aliphatic carbocycles. The number of likely N-dealkylation sites (tertiary alicyclic amines) is 1. The van der Waals surface area contributed by atoms with E-state index in [0.29, 0.717) is 0 Å². The summed E-state index contributed by atoms with van der Waals surface area (Å²) in [6.45, 7) is 1.64. The molecule has 84 valence electrons. The van der Waals surface area contributed by atoms with Gasteiger partial charge in [-0.3, -0.25) is 4.79 Å². The maximum absolute atomic E-state index is 11.6. The third kappa shape index (κ3) is 2.50. The van der Waals surface area contributed by atoms with Crippen LogP contribution in [0.5, 0.6) is 0 Å². The lowest BCUT2D eigenvalue weighted by molar-refractivity contribution is -0.128. The number of nitrogens with one attached hydrogen (secondary N) is 1. The minimum absolute atomic E-state index is 0.00417. The molecule has 2 aliphatic rings. The predicted molar refractivity (Wildman–Crippen MR) is 57.3 cm³/mol. The van der Waals surface area contributed by atoms with Gasteiger partial charge in [0.2, 0.25) is 5.91 Å². The van der Waals surface area contributed by atoms with Crippen molar-refractivity contribution in [2.45, 2.75) is 31.4 Å². The van der Waals surface area contributed by atoms with E-state index >= 15 is 0 Å². The van der Waals surface area contributed by atoms with Crippen molar-refractivity contribution < 1.29 is 9.53 Å². The Hall–Kier alpha value is -1.03. The van der Waals surface area contributed by atoms with Crippen molar-refractivity contribution in [1.82, 2.24) is 10.2 Å². The summed E-state index contributed by atoms with van der Waals surface area (Å²) in [5.41, 5.74) is 0. The molecule has 2 rings (SSSR count). The highest BCUT2D eigenvalue weighted by atomic mass is 16.5. The van der Waals surface area contributed by atoms with Crippen LogP contribution in [0.1, 0.15) is 19.3 Å². The van der Waals surface area contributed by atoms with Gasteiger partial charge in [-0.2, -0.15) is 0 Å². The molecule has 0 aromatic carbocycles. The molecule has 2 aliphatic heterocycles. The van der Waals surface area contributed by atoms with Crippen LogP contribution in [0.2, 0.25) is 0 Å². The van der Waals surface area contributed by atoms with Crippen LogP contribution < -0.4 is 5.32 Å². The molecule has 4 heteroatoms. The largest absolute Gasteiger partial charge is 0.497 e. The van der Waals surface area contributed by atoms with Gasteiger partial charge < -0.3 is 15.0 Å². The van der Waals surface area contributed by atoms with Gasteiger partial charge in [-0.25, -0.2) is 0 Å². The molecule has 2 unspecified atom stereocenters. The van der Waals surface area contributed by atoms with E-state index < -0.39 is 0 Å². The molecule has 0 bridgehead atoms. The molecule has 4 nitrogen and oxygen atoms in total. The molecular formula is C11H18N2O2. The number of hydrogen-bond donors (Lipinski definition) is 1. The summed E-state index contributed by atoms with van der Waals surface area (Å²) in [4.78, 5) is 13.4. The first-order valence-corrected chi connectivity index (χ1v) is 5.56. The van der Waals surface area contributed by atoms with E-state index in [1.54, 1.807) is 11.2 Å². The fourth-order valence-electron chi connectivity index (χ4n) is 2.02. The van der Waals surface area contributed by atoms with Gasteiger partial charge in [-0.05, 0) is 25.3 Å². The molecule has 1 N–H and O–H groups in total. The highest BCUT2D eigenvalue weighted by Gasteiger charge is 2.29. The highest BCUT2D eigenvalue weighted by Crippen LogP contribution is 2.12. The van der Waals surface area contributed by atoms with E-state index in [0.717, 1.165) is 32.4 Å². The van der Waals surface area contributed by atoms with Crippen molar-refractivity contribution in [2.75, 3.05) is 20.1 Å². The fraction of sp³-hybridized carbons (Fsp3) is 0.727. The summed E-state index contributed by atoms with van der Waals surface area (Å²) in [5.74, 6) is 0.210. The zero-order valence-electron chi connectivity index (χ0n) is 9.11. The Morgan fingerprint density at radius 1 is 1.60 bits per heavy atom. The quantitative estimate of drug-likeness (QED) is 0.737. The minimum Gasteiger partial charge on any atom is -0.497 e. The Morgan fingerprint density at radius 3 is 3.07 bits per heavy atom. The molecule has 0 radical (unpaired) electrons. The smallest absolute Gasteiger partial charge is 0.239 e. The number of carbonyl (C=O) groups is 1.